The first-order chi connectivity index (χ1) is 9.31. The van der Waals surface area contributed by atoms with Crippen LogP contribution in [-0.2, 0) is 0 Å². The first-order valence-corrected chi connectivity index (χ1v) is 6.94. The zero-order valence-corrected chi connectivity index (χ0v) is 11.2. The van der Waals surface area contributed by atoms with E-state index in [9.17, 15) is 0 Å². The molecule has 4 nitrogen and oxygen atoms in total. The molecule has 1 aromatic heterocycles. The molecule has 19 heavy (non-hydrogen) atoms. The summed E-state index contributed by atoms with van der Waals surface area (Å²) in [7, 11) is 0. The molecule has 1 heterocycles. The zero-order chi connectivity index (χ0) is 13.1. The Morgan fingerprint density at radius 3 is 2.47 bits per heavy atom. The predicted octanol–water partition coefficient (Wildman–Crippen LogP) is 3.73. The summed E-state index contributed by atoms with van der Waals surface area (Å²) in [4.78, 5) is 0. The monoisotopic (exact) mass is 257 g/mol. The summed E-state index contributed by atoms with van der Waals surface area (Å²) in [5.41, 5.74) is 2.13. The van der Waals surface area contributed by atoms with E-state index in [0.29, 0.717) is 11.9 Å². The fourth-order valence-electron chi connectivity index (χ4n) is 2.65. The standard InChI is InChI=1S/C15H19N3O/c1-11-2-6-13(7-3-11)17-14-8-4-12(5-9-14)15-18-16-10-19-15/h4-5,8-11,13,17H,2-3,6-7H2,1H3. The molecule has 0 saturated heterocycles. The number of anilines is 1. The van der Waals surface area contributed by atoms with E-state index < -0.39 is 0 Å². The van der Waals surface area contributed by atoms with Gasteiger partial charge in [-0.25, -0.2) is 0 Å². The van der Waals surface area contributed by atoms with Crippen LogP contribution in [0.5, 0.6) is 0 Å². The maximum absolute atomic E-state index is 5.18. The molecule has 2 aromatic rings. The van der Waals surface area contributed by atoms with Crippen LogP contribution in [0.25, 0.3) is 11.5 Å². The zero-order valence-electron chi connectivity index (χ0n) is 11.2. The summed E-state index contributed by atoms with van der Waals surface area (Å²) in [5.74, 6) is 1.45. The summed E-state index contributed by atoms with van der Waals surface area (Å²) in [6, 6.07) is 8.81. The van der Waals surface area contributed by atoms with Crippen molar-refractivity contribution in [3.8, 4) is 11.5 Å². The smallest absolute Gasteiger partial charge is 0.247 e. The minimum Gasteiger partial charge on any atom is -0.423 e. The van der Waals surface area contributed by atoms with Crippen LogP contribution in [0.15, 0.2) is 35.1 Å². The van der Waals surface area contributed by atoms with Crippen molar-refractivity contribution < 1.29 is 4.42 Å². The van der Waals surface area contributed by atoms with Gasteiger partial charge in [0, 0.05) is 17.3 Å². The summed E-state index contributed by atoms with van der Waals surface area (Å²) in [6.45, 7) is 2.34. The highest BCUT2D eigenvalue weighted by molar-refractivity contribution is 5.58. The Kier molecular flexibility index (Phi) is 3.49. The van der Waals surface area contributed by atoms with Crippen LogP contribution < -0.4 is 5.32 Å². The summed E-state index contributed by atoms with van der Waals surface area (Å²) in [5, 5.41) is 11.2. The number of nitrogens with zero attached hydrogens (tertiary/aromatic N) is 2. The lowest BCUT2D eigenvalue weighted by molar-refractivity contribution is 0.361. The van der Waals surface area contributed by atoms with E-state index in [1.165, 1.54) is 37.8 Å². The Morgan fingerprint density at radius 1 is 1.11 bits per heavy atom. The molecule has 100 valence electrons. The topological polar surface area (TPSA) is 51.0 Å². The Morgan fingerprint density at radius 2 is 1.84 bits per heavy atom. The van der Waals surface area contributed by atoms with Gasteiger partial charge in [-0.3, -0.25) is 0 Å². The Bertz CT molecular complexity index is 499. The highest BCUT2D eigenvalue weighted by atomic mass is 16.4. The van der Waals surface area contributed by atoms with E-state index in [0.717, 1.165) is 11.5 Å². The molecule has 1 saturated carbocycles. The van der Waals surface area contributed by atoms with Crippen LogP contribution in [-0.4, -0.2) is 16.2 Å². The molecule has 4 heteroatoms. The minimum atomic E-state index is 0.568. The molecule has 1 aromatic carbocycles. The molecule has 1 aliphatic rings. The van der Waals surface area contributed by atoms with E-state index in [4.69, 9.17) is 4.42 Å². The van der Waals surface area contributed by atoms with Gasteiger partial charge in [0.05, 0.1) is 0 Å². The first-order valence-electron chi connectivity index (χ1n) is 6.94. The second kappa shape index (κ2) is 5.43. The average Bonchev–Trinajstić information content (AvgIpc) is 2.96. The first kappa shape index (κ1) is 12.2. The quantitative estimate of drug-likeness (QED) is 0.910. The van der Waals surface area contributed by atoms with E-state index in [-0.39, 0.29) is 0 Å². The van der Waals surface area contributed by atoms with Crippen molar-refractivity contribution in [2.24, 2.45) is 5.92 Å². The molecular formula is C15H19N3O. The average molecular weight is 257 g/mol. The largest absolute Gasteiger partial charge is 0.423 e. The molecule has 1 fully saturated rings. The number of hydrogen-bond donors (Lipinski definition) is 1. The molecule has 0 amide bonds. The Labute approximate surface area is 113 Å². The van der Waals surface area contributed by atoms with Crippen molar-refractivity contribution in [1.82, 2.24) is 10.2 Å². The lowest BCUT2D eigenvalue weighted by Gasteiger charge is -2.27. The molecule has 1 N–H and O–H groups in total. The second-order valence-corrected chi connectivity index (χ2v) is 5.42. The number of rotatable bonds is 3. The molecular weight excluding hydrogens is 238 g/mol. The van der Waals surface area contributed by atoms with Gasteiger partial charge in [-0.1, -0.05) is 6.92 Å². The normalized spacial score (nSPS) is 23.2. The maximum Gasteiger partial charge on any atom is 0.247 e. The van der Waals surface area contributed by atoms with Crippen molar-refractivity contribution in [1.29, 1.82) is 0 Å². The highest BCUT2D eigenvalue weighted by Crippen LogP contribution is 2.26. The van der Waals surface area contributed by atoms with Gasteiger partial charge >= 0.3 is 0 Å². The fraction of sp³-hybridized carbons (Fsp3) is 0.467. The highest BCUT2D eigenvalue weighted by Gasteiger charge is 2.17. The van der Waals surface area contributed by atoms with Gasteiger partial charge < -0.3 is 9.73 Å². The van der Waals surface area contributed by atoms with Crippen LogP contribution in [0, 0.1) is 5.92 Å². The molecule has 0 atom stereocenters. The van der Waals surface area contributed by atoms with Crippen molar-refractivity contribution in [2.45, 2.75) is 38.6 Å². The Balaban J connectivity index is 1.63. The van der Waals surface area contributed by atoms with Gasteiger partial charge in [-0.2, -0.15) is 0 Å². The van der Waals surface area contributed by atoms with Crippen LogP contribution in [0.4, 0.5) is 5.69 Å². The third-order valence-electron chi connectivity index (χ3n) is 3.88. The predicted molar refractivity (Wildman–Crippen MR) is 74.8 cm³/mol. The Hall–Kier alpha value is -1.84. The third-order valence-corrected chi connectivity index (χ3v) is 3.88. The lowest BCUT2D eigenvalue weighted by Crippen LogP contribution is -2.25. The minimum absolute atomic E-state index is 0.568. The van der Waals surface area contributed by atoms with Crippen molar-refractivity contribution >= 4 is 5.69 Å². The van der Waals surface area contributed by atoms with Crippen LogP contribution in [0.2, 0.25) is 0 Å². The van der Waals surface area contributed by atoms with E-state index in [1.54, 1.807) is 0 Å². The third kappa shape index (κ3) is 2.95. The van der Waals surface area contributed by atoms with Crippen LogP contribution in [0.1, 0.15) is 32.6 Å². The van der Waals surface area contributed by atoms with Gasteiger partial charge in [0.15, 0.2) is 0 Å². The molecule has 1 aliphatic carbocycles. The molecule has 0 aliphatic heterocycles. The molecule has 0 radical (unpaired) electrons. The number of benzene rings is 1. The number of nitrogens with one attached hydrogen (secondary N) is 1. The molecule has 0 bridgehead atoms. The van der Waals surface area contributed by atoms with Crippen LogP contribution in [0.3, 0.4) is 0 Å². The van der Waals surface area contributed by atoms with Gasteiger partial charge in [-0.15, -0.1) is 10.2 Å². The molecule has 3 rings (SSSR count). The van der Waals surface area contributed by atoms with Gasteiger partial charge in [-0.05, 0) is 55.9 Å². The van der Waals surface area contributed by atoms with Crippen molar-refractivity contribution in [2.75, 3.05) is 5.32 Å². The summed E-state index contributed by atoms with van der Waals surface area (Å²) in [6.07, 6.45) is 6.55. The fourth-order valence-corrected chi connectivity index (χ4v) is 2.65. The van der Waals surface area contributed by atoms with Gasteiger partial charge in [0.2, 0.25) is 12.3 Å². The molecule has 0 unspecified atom stereocenters. The SMILES string of the molecule is CC1CCC(Nc2ccc(-c3nnco3)cc2)CC1. The van der Waals surface area contributed by atoms with Crippen molar-refractivity contribution in [3.05, 3.63) is 30.7 Å². The van der Waals surface area contributed by atoms with Crippen LogP contribution >= 0.6 is 0 Å². The molecule has 0 spiro atoms. The van der Waals surface area contributed by atoms with Gasteiger partial charge in [0.25, 0.3) is 0 Å². The van der Waals surface area contributed by atoms with E-state index in [2.05, 4.69) is 34.6 Å². The summed E-state index contributed by atoms with van der Waals surface area (Å²) >= 11 is 0. The number of aromatic nitrogens is 2. The van der Waals surface area contributed by atoms with E-state index >= 15 is 0 Å². The van der Waals surface area contributed by atoms with Gasteiger partial charge in [0.1, 0.15) is 0 Å². The second-order valence-electron chi connectivity index (χ2n) is 5.42. The lowest BCUT2D eigenvalue weighted by atomic mass is 9.87. The maximum atomic E-state index is 5.18. The van der Waals surface area contributed by atoms with E-state index in [1.807, 2.05) is 12.1 Å². The van der Waals surface area contributed by atoms with Crippen molar-refractivity contribution in [3.63, 3.8) is 0 Å². The number of hydrogen-bond acceptors (Lipinski definition) is 4. The summed E-state index contributed by atoms with van der Waals surface area (Å²) < 4.78 is 5.18.